The lowest BCUT2D eigenvalue weighted by atomic mass is 10.4. The Kier molecular flexibility index (Phi) is 3.41. The molecule has 0 spiro atoms. The molecule has 3 rings (SSSR count). The van der Waals surface area contributed by atoms with E-state index in [9.17, 15) is 4.79 Å². The lowest BCUT2D eigenvalue weighted by Crippen LogP contribution is -2.11. The van der Waals surface area contributed by atoms with E-state index in [0.717, 1.165) is 10.6 Å². The van der Waals surface area contributed by atoms with Crippen molar-refractivity contribution in [2.24, 2.45) is 0 Å². The third-order valence-corrected chi connectivity index (χ3v) is 4.75. The van der Waals surface area contributed by atoms with Crippen molar-refractivity contribution in [2.45, 2.75) is 6.92 Å². The first-order chi connectivity index (χ1) is 9.22. The van der Waals surface area contributed by atoms with Crippen molar-refractivity contribution in [3.63, 3.8) is 0 Å². The molecule has 0 saturated carbocycles. The van der Waals surface area contributed by atoms with E-state index < -0.39 is 0 Å². The van der Waals surface area contributed by atoms with E-state index in [1.165, 1.54) is 27.6 Å². The van der Waals surface area contributed by atoms with Gasteiger partial charge >= 0.3 is 0 Å². The summed E-state index contributed by atoms with van der Waals surface area (Å²) in [4.78, 5) is 22.6. The first-order valence-electron chi connectivity index (χ1n) is 5.44. The predicted octanol–water partition coefficient (Wildman–Crippen LogP) is 3.89. The molecule has 3 aromatic rings. The van der Waals surface area contributed by atoms with Gasteiger partial charge in [0.05, 0.1) is 16.1 Å². The zero-order valence-electron chi connectivity index (χ0n) is 9.91. The Balaban J connectivity index is 1.77. The molecule has 0 radical (unpaired) electrons. The molecular formula is C12H9N3OS3. The minimum atomic E-state index is -0.218. The van der Waals surface area contributed by atoms with E-state index in [2.05, 4.69) is 28.3 Å². The van der Waals surface area contributed by atoms with Crippen molar-refractivity contribution in [1.82, 2.24) is 9.97 Å². The summed E-state index contributed by atoms with van der Waals surface area (Å²) in [5.41, 5.74) is 2.96. The summed E-state index contributed by atoms with van der Waals surface area (Å²) in [6, 6.07) is 4.11. The van der Waals surface area contributed by atoms with Crippen molar-refractivity contribution < 1.29 is 4.79 Å². The van der Waals surface area contributed by atoms with Crippen LogP contribution in [0.15, 0.2) is 28.4 Å². The number of carbonyl (C=O) groups is 1. The van der Waals surface area contributed by atoms with Crippen molar-refractivity contribution >= 4 is 45.0 Å². The minimum absolute atomic E-state index is 0.218. The summed E-state index contributed by atoms with van der Waals surface area (Å²) >= 11 is 4.51. The van der Waals surface area contributed by atoms with E-state index in [1.807, 2.05) is 11.4 Å². The highest BCUT2D eigenvalue weighted by molar-refractivity contribution is 7.17. The molecule has 0 bridgehead atoms. The normalized spacial score (nSPS) is 10.6. The van der Waals surface area contributed by atoms with Gasteiger partial charge in [-0.25, -0.2) is 9.97 Å². The van der Waals surface area contributed by atoms with Gasteiger partial charge in [-0.1, -0.05) is 0 Å². The number of aromatic nitrogens is 2. The fourth-order valence-corrected chi connectivity index (χ4v) is 3.64. The summed E-state index contributed by atoms with van der Waals surface area (Å²) in [5.74, 6) is -0.218. The maximum Gasteiger partial charge on any atom is 0.276 e. The number of anilines is 1. The monoisotopic (exact) mass is 307 g/mol. The molecular weight excluding hydrogens is 298 g/mol. The van der Waals surface area contributed by atoms with Crippen LogP contribution in [0.1, 0.15) is 15.4 Å². The molecule has 1 N–H and O–H groups in total. The maximum atomic E-state index is 11.8. The Morgan fingerprint density at radius 1 is 1.32 bits per heavy atom. The lowest BCUT2D eigenvalue weighted by Gasteiger charge is -1.96. The number of thiophene rings is 1. The molecule has 0 fully saturated rings. The second kappa shape index (κ2) is 5.20. The quantitative estimate of drug-likeness (QED) is 0.798. The fraction of sp³-hybridized carbons (Fsp3) is 0.0833. The van der Waals surface area contributed by atoms with E-state index in [1.54, 1.807) is 22.2 Å². The van der Waals surface area contributed by atoms with E-state index in [-0.39, 0.29) is 5.91 Å². The average molecular weight is 307 g/mol. The predicted molar refractivity (Wildman–Crippen MR) is 80.2 cm³/mol. The zero-order chi connectivity index (χ0) is 13.2. The molecule has 7 heteroatoms. The van der Waals surface area contributed by atoms with Gasteiger partial charge in [0.1, 0.15) is 5.69 Å². The lowest BCUT2D eigenvalue weighted by molar-refractivity contribution is 0.102. The third-order valence-electron chi connectivity index (χ3n) is 2.38. The van der Waals surface area contributed by atoms with Gasteiger partial charge in [0, 0.05) is 15.6 Å². The smallest absolute Gasteiger partial charge is 0.276 e. The second-order valence-electron chi connectivity index (χ2n) is 3.78. The molecule has 0 aliphatic carbocycles. The zero-order valence-corrected chi connectivity index (χ0v) is 12.4. The number of hydrogen-bond acceptors (Lipinski definition) is 6. The van der Waals surface area contributed by atoms with Crippen LogP contribution in [0.3, 0.4) is 0 Å². The highest BCUT2D eigenvalue weighted by Gasteiger charge is 2.11. The third kappa shape index (κ3) is 2.73. The van der Waals surface area contributed by atoms with Gasteiger partial charge in [0.2, 0.25) is 0 Å². The van der Waals surface area contributed by atoms with Crippen LogP contribution < -0.4 is 5.32 Å². The Morgan fingerprint density at radius 2 is 2.21 bits per heavy atom. The second-order valence-corrected chi connectivity index (χ2v) is 6.64. The molecule has 0 atom stereocenters. The molecule has 0 saturated heterocycles. The van der Waals surface area contributed by atoms with Crippen LogP contribution in [0.25, 0.3) is 10.6 Å². The van der Waals surface area contributed by atoms with Crippen LogP contribution in [0, 0.1) is 6.92 Å². The van der Waals surface area contributed by atoms with E-state index in [0.29, 0.717) is 10.8 Å². The standard InChI is InChI=1S/C12H9N3OS3/c1-7-2-3-10(19-7)8-5-18-12(14-8)15-11(16)9-4-17-6-13-9/h2-6H,1H3,(H,14,15,16). The SMILES string of the molecule is Cc1ccc(-c2csc(NC(=O)c3cscn3)n2)s1. The number of carbonyl (C=O) groups excluding carboxylic acids is 1. The van der Waals surface area contributed by atoms with Crippen LogP contribution >= 0.6 is 34.0 Å². The number of amides is 1. The summed E-state index contributed by atoms with van der Waals surface area (Å²) in [7, 11) is 0. The summed E-state index contributed by atoms with van der Waals surface area (Å²) in [6.45, 7) is 2.06. The van der Waals surface area contributed by atoms with Crippen LogP contribution in [0.2, 0.25) is 0 Å². The fourth-order valence-electron chi connectivity index (χ4n) is 1.50. The summed E-state index contributed by atoms with van der Waals surface area (Å²) < 4.78 is 0. The Hall–Kier alpha value is -1.57. The van der Waals surface area contributed by atoms with Gasteiger partial charge in [-0.15, -0.1) is 34.0 Å². The van der Waals surface area contributed by atoms with Crippen LogP contribution in [0.4, 0.5) is 5.13 Å². The number of hydrogen-bond donors (Lipinski definition) is 1. The molecule has 3 heterocycles. The highest BCUT2D eigenvalue weighted by Crippen LogP contribution is 2.30. The van der Waals surface area contributed by atoms with Crippen molar-refractivity contribution in [1.29, 1.82) is 0 Å². The van der Waals surface area contributed by atoms with Gasteiger partial charge < -0.3 is 0 Å². The van der Waals surface area contributed by atoms with E-state index >= 15 is 0 Å². The molecule has 3 aromatic heterocycles. The highest BCUT2D eigenvalue weighted by atomic mass is 32.1. The number of nitrogens with one attached hydrogen (secondary N) is 1. The molecule has 1 amide bonds. The summed E-state index contributed by atoms with van der Waals surface area (Å²) in [6.07, 6.45) is 0. The largest absolute Gasteiger partial charge is 0.296 e. The van der Waals surface area contributed by atoms with Gasteiger partial charge in [0.15, 0.2) is 5.13 Å². The van der Waals surface area contributed by atoms with Gasteiger partial charge in [0.25, 0.3) is 5.91 Å². The van der Waals surface area contributed by atoms with Crippen LogP contribution in [-0.4, -0.2) is 15.9 Å². The first kappa shape index (κ1) is 12.5. The van der Waals surface area contributed by atoms with Crippen molar-refractivity contribution in [3.8, 4) is 10.6 Å². The van der Waals surface area contributed by atoms with Gasteiger partial charge in [-0.2, -0.15) is 0 Å². The number of aryl methyl sites for hydroxylation is 1. The Labute approximate surface area is 121 Å². The number of rotatable bonds is 3. The minimum Gasteiger partial charge on any atom is -0.296 e. The van der Waals surface area contributed by atoms with Gasteiger partial charge in [-0.3, -0.25) is 10.1 Å². The van der Waals surface area contributed by atoms with E-state index in [4.69, 9.17) is 0 Å². The first-order valence-corrected chi connectivity index (χ1v) is 8.08. The van der Waals surface area contributed by atoms with Crippen LogP contribution in [-0.2, 0) is 0 Å². The summed E-state index contributed by atoms with van der Waals surface area (Å²) in [5, 5.41) is 7.02. The molecule has 0 aliphatic heterocycles. The molecule has 19 heavy (non-hydrogen) atoms. The number of nitrogens with zero attached hydrogens (tertiary/aromatic N) is 2. The maximum absolute atomic E-state index is 11.8. The molecule has 4 nitrogen and oxygen atoms in total. The molecule has 0 aromatic carbocycles. The van der Waals surface area contributed by atoms with Crippen LogP contribution in [0.5, 0.6) is 0 Å². The molecule has 0 aliphatic rings. The Morgan fingerprint density at radius 3 is 2.89 bits per heavy atom. The molecule has 0 unspecified atom stereocenters. The average Bonchev–Trinajstić information content (AvgIpc) is 3.07. The Bertz CT molecular complexity index is 699. The van der Waals surface area contributed by atoms with Crippen molar-refractivity contribution in [3.05, 3.63) is 39.0 Å². The van der Waals surface area contributed by atoms with Gasteiger partial charge in [-0.05, 0) is 19.1 Å². The topological polar surface area (TPSA) is 54.9 Å². The number of thiazole rings is 2. The van der Waals surface area contributed by atoms with Crippen molar-refractivity contribution in [2.75, 3.05) is 5.32 Å². The molecule has 96 valence electrons.